The lowest BCUT2D eigenvalue weighted by atomic mass is 10.2. The summed E-state index contributed by atoms with van der Waals surface area (Å²) in [5.41, 5.74) is 1.53. The molecule has 1 N–H and O–H groups in total. The molecule has 0 saturated heterocycles. The van der Waals surface area contributed by atoms with E-state index in [1.54, 1.807) is 16.8 Å². The smallest absolute Gasteiger partial charge is 0.129 e. The molecular formula is C13H15ClFN3. The number of rotatable bonds is 5. The predicted molar refractivity (Wildman–Crippen MR) is 70.0 cm³/mol. The maximum atomic E-state index is 13.5. The van der Waals surface area contributed by atoms with Crippen LogP contribution in [0.4, 0.5) is 4.39 Å². The summed E-state index contributed by atoms with van der Waals surface area (Å²) in [6.45, 7) is 1.17. The summed E-state index contributed by atoms with van der Waals surface area (Å²) in [5.74, 6) is -0.271. The van der Waals surface area contributed by atoms with Crippen molar-refractivity contribution in [3.63, 3.8) is 0 Å². The van der Waals surface area contributed by atoms with Gasteiger partial charge < -0.3 is 5.32 Å². The van der Waals surface area contributed by atoms with Crippen LogP contribution in [0.2, 0.25) is 5.02 Å². The molecule has 0 aliphatic heterocycles. The molecule has 2 aromatic rings. The Morgan fingerprint density at radius 1 is 1.39 bits per heavy atom. The molecule has 0 aliphatic carbocycles. The fraction of sp³-hybridized carbons (Fsp3) is 0.308. The van der Waals surface area contributed by atoms with Crippen LogP contribution in [0.25, 0.3) is 0 Å². The topological polar surface area (TPSA) is 29.9 Å². The van der Waals surface area contributed by atoms with Crippen molar-refractivity contribution in [3.05, 3.63) is 52.6 Å². The van der Waals surface area contributed by atoms with E-state index < -0.39 is 0 Å². The first-order chi connectivity index (χ1) is 8.66. The number of halogens is 2. The summed E-state index contributed by atoms with van der Waals surface area (Å²) in [6, 6.07) is 6.69. The molecular weight excluding hydrogens is 253 g/mol. The summed E-state index contributed by atoms with van der Waals surface area (Å²) in [4.78, 5) is 0. The van der Waals surface area contributed by atoms with Gasteiger partial charge in [-0.25, -0.2) is 4.39 Å². The molecule has 0 radical (unpaired) electrons. The monoisotopic (exact) mass is 267 g/mol. The van der Waals surface area contributed by atoms with E-state index >= 15 is 0 Å². The van der Waals surface area contributed by atoms with Crippen molar-refractivity contribution in [1.82, 2.24) is 15.1 Å². The molecule has 0 saturated carbocycles. The summed E-state index contributed by atoms with van der Waals surface area (Å²) < 4.78 is 15.2. The van der Waals surface area contributed by atoms with Crippen molar-refractivity contribution >= 4 is 11.6 Å². The Labute approximate surface area is 111 Å². The first-order valence-corrected chi connectivity index (χ1v) is 6.17. The van der Waals surface area contributed by atoms with Gasteiger partial charge in [0.25, 0.3) is 0 Å². The number of aryl methyl sites for hydroxylation is 1. The largest absolute Gasteiger partial charge is 0.312 e. The fourth-order valence-electron chi connectivity index (χ4n) is 1.73. The zero-order valence-corrected chi connectivity index (χ0v) is 10.9. The third kappa shape index (κ3) is 3.31. The van der Waals surface area contributed by atoms with E-state index in [1.165, 1.54) is 6.07 Å². The summed E-state index contributed by atoms with van der Waals surface area (Å²) in [7, 11) is 1.88. The van der Waals surface area contributed by atoms with Crippen LogP contribution in [-0.2, 0) is 20.0 Å². The van der Waals surface area contributed by atoms with Gasteiger partial charge in [0, 0.05) is 43.3 Å². The third-order valence-electron chi connectivity index (χ3n) is 2.69. The number of hydrogen-bond donors (Lipinski definition) is 1. The quantitative estimate of drug-likeness (QED) is 0.844. The molecule has 0 unspecified atom stereocenters. The maximum absolute atomic E-state index is 13.5. The number of nitrogens with one attached hydrogen (secondary N) is 1. The van der Waals surface area contributed by atoms with Gasteiger partial charge >= 0.3 is 0 Å². The number of hydrogen-bond acceptors (Lipinski definition) is 2. The van der Waals surface area contributed by atoms with E-state index in [9.17, 15) is 4.39 Å². The molecule has 0 atom stereocenters. The summed E-state index contributed by atoms with van der Waals surface area (Å²) in [5, 5.41) is 7.89. The zero-order chi connectivity index (χ0) is 13.0. The Kier molecular flexibility index (Phi) is 4.33. The first kappa shape index (κ1) is 13.1. The molecule has 0 fully saturated rings. The normalized spacial score (nSPS) is 10.8. The highest BCUT2D eigenvalue weighted by molar-refractivity contribution is 6.31. The first-order valence-electron chi connectivity index (χ1n) is 5.79. The molecule has 1 heterocycles. The minimum absolute atomic E-state index is 0.271. The highest BCUT2D eigenvalue weighted by atomic mass is 35.5. The van der Waals surface area contributed by atoms with Gasteiger partial charge in [0.1, 0.15) is 5.82 Å². The highest BCUT2D eigenvalue weighted by Gasteiger charge is 2.05. The van der Waals surface area contributed by atoms with Crippen molar-refractivity contribution in [2.45, 2.75) is 13.0 Å². The van der Waals surface area contributed by atoms with Crippen LogP contribution in [0.3, 0.4) is 0 Å². The Morgan fingerprint density at radius 3 is 2.89 bits per heavy atom. The summed E-state index contributed by atoms with van der Waals surface area (Å²) >= 11 is 5.93. The van der Waals surface area contributed by atoms with Crippen LogP contribution < -0.4 is 5.32 Å². The van der Waals surface area contributed by atoms with E-state index in [2.05, 4.69) is 10.4 Å². The molecule has 0 aliphatic rings. The Hall–Kier alpha value is -1.39. The lowest BCUT2D eigenvalue weighted by Gasteiger charge is -2.07. The number of nitrogens with zero attached hydrogens (tertiary/aromatic N) is 2. The molecule has 0 spiro atoms. The second kappa shape index (κ2) is 5.98. The molecule has 0 amide bonds. The molecule has 2 rings (SSSR count). The van der Waals surface area contributed by atoms with E-state index in [-0.39, 0.29) is 5.82 Å². The minimum Gasteiger partial charge on any atom is -0.312 e. The van der Waals surface area contributed by atoms with E-state index in [0.29, 0.717) is 17.1 Å². The van der Waals surface area contributed by atoms with Crippen LogP contribution in [0, 0.1) is 5.82 Å². The molecule has 5 heteroatoms. The van der Waals surface area contributed by atoms with Crippen molar-refractivity contribution in [2.24, 2.45) is 7.05 Å². The summed E-state index contributed by atoms with van der Waals surface area (Å²) in [6.07, 6.45) is 2.72. The van der Waals surface area contributed by atoms with Gasteiger partial charge in [-0.3, -0.25) is 4.68 Å². The Morgan fingerprint density at radius 2 is 2.22 bits per heavy atom. The minimum atomic E-state index is -0.271. The van der Waals surface area contributed by atoms with Gasteiger partial charge in [0.2, 0.25) is 0 Å². The lowest BCUT2D eigenvalue weighted by Crippen LogP contribution is -2.18. The molecule has 1 aromatic carbocycles. The number of aromatic nitrogens is 2. The van der Waals surface area contributed by atoms with Gasteiger partial charge in [-0.15, -0.1) is 0 Å². The second-order valence-corrected chi connectivity index (χ2v) is 4.51. The van der Waals surface area contributed by atoms with Gasteiger partial charge in [-0.1, -0.05) is 17.7 Å². The molecule has 0 bridgehead atoms. The van der Waals surface area contributed by atoms with Crippen LogP contribution in [0.1, 0.15) is 11.3 Å². The highest BCUT2D eigenvalue weighted by Crippen LogP contribution is 2.18. The molecule has 1 aromatic heterocycles. The predicted octanol–water partition coefficient (Wildman–Crippen LogP) is 2.54. The average molecular weight is 268 g/mol. The Balaban J connectivity index is 1.82. The molecule has 3 nitrogen and oxygen atoms in total. The lowest BCUT2D eigenvalue weighted by molar-refractivity contribution is 0.586. The van der Waals surface area contributed by atoms with Gasteiger partial charge in [0.05, 0.1) is 5.69 Å². The van der Waals surface area contributed by atoms with E-state index in [1.807, 2.05) is 19.3 Å². The van der Waals surface area contributed by atoms with Gasteiger partial charge in [-0.2, -0.15) is 5.10 Å². The van der Waals surface area contributed by atoms with E-state index in [0.717, 1.165) is 18.7 Å². The Bertz CT molecular complexity index is 504. The number of benzene rings is 1. The van der Waals surface area contributed by atoms with Gasteiger partial charge in [0.15, 0.2) is 0 Å². The maximum Gasteiger partial charge on any atom is 0.129 e. The van der Waals surface area contributed by atoms with Crippen molar-refractivity contribution < 1.29 is 4.39 Å². The van der Waals surface area contributed by atoms with Crippen molar-refractivity contribution in [3.8, 4) is 0 Å². The second-order valence-electron chi connectivity index (χ2n) is 4.11. The zero-order valence-electron chi connectivity index (χ0n) is 10.2. The van der Waals surface area contributed by atoms with E-state index in [4.69, 9.17) is 11.6 Å². The van der Waals surface area contributed by atoms with Crippen LogP contribution in [0.15, 0.2) is 30.5 Å². The van der Waals surface area contributed by atoms with Crippen molar-refractivity contribution in [1.29, 1.82) is 0 Å². The fourth-order valence-corrected chi connectivity index (χ4v) is 1.96. The standard InChI is InChI=1S/C13H15ClFN3/c1-18-8-6-10(17-18)5-7-16-9-11-12(14)3-2-4-13(11)15/h2-4,6,8,16H,5,7,9H2,1H3. The SMILES string of the molecule is Cn1ccc(CCNCc2c(F)cccc2Cl)n1. The van der Waals surface area contributed by atoms with Crippen molar-refractivity contribution in [2.75, 3.05) is 6.54 Å². The van der Waals surface area contributed by atoms with Gasteiger partial charge in [-0.05, 0) is 18.2 Å². The average Bonchev–Trinajstić information content (AvgIpc) is 2.73. The molecule has 96 valence electrons. The molecule has 18 heavy (non-hydrogen) atoms. The van der Waals surface area contributed by atoms with Crippen LogP contribution in [-0.4, -0.2) is 16.3 Å². The van der Waals surface area contributed by atoms with Crippen LogP contribution in [0.5, 0.6) is 0 Å². The third-order valence-corrected chi connectivity index (χ3v) is 3.04. The van der Waals surface area contributed by atoms with Crippen LogP contribution >= 0.6 is 11.6 Å².